The number of carboxylic acids is 2. The Kier molecular flexibility index (Phi) is 6.19. The van der Waals surface area contributed by atoms with Crippen molar-refractivity contribution in [1.82, 2.24) is 0 Å². The zero-order valence-electron chi connectivity index (χ0n) is 14.4. The largest absolute Gasteiger partial charge is 0.481 e. The van der Waals surface area contributed by atoms with E-state index in [1.807, 2.05) is 0 Å². The summed E-state index contributed by atoms with van der Waals surface area (Å²) in [4.78, 5) is 23.0. The molecule has 0 radical (unpaired) electrons. The third kappa shape index (κ3) is 4.43. The fourth-order valence-electron chi connectivity index (χ4n) is 3.14. The predicted molar refractivity (Wildman–Crippen MR) is 97.6 cm³/mol. The van der Waals surface area contributed by atoms with Crippen LogP contribution in [0.3, 0.4) is 0 Å². The third-order valence-electron chi connectivity index (χ3n) is 4.64. The minimum atomic E-state index is -4.57. The second kappa shape index (κ2) is 7.88. The van der Waals surface area contributed by atoms with Gasteiger partial charge in [-0.05, 0) is 49.0 Å². The highest BCUT2D eigenvalue weighted by molar-refractivity contribution is 9.09. The number of benzene rings is 1. The number of carbonyl (C=O) groups is 2. The number of allylic oxidation sites excluding steroid dienone is 2. The first-order chi connectivity index (χ1) is 12.5. The van der Waals surface area contributed by atoms with Crippen molar-refractivity contribution in [2.24, 2.45) is 5.41 Å². The van der Waals surface area contributed by atoms with E-state index in [-0.39, 0.29) is 35.1 Å². The van der Waals surface area contributed by atoms with Gasteiger partial charge in [-0.1, -0.05) is 40.2 Å². The first-order valence-corrected chi connectivity index (χ1v) is 9.27. The summed E-state index contributed by atoms with van der Waals surface area (Å²) in [5, 5.41) is 19.3. The zero-order valence-corrected chi connectivity index (χ0v) is 16.0. The molecule has 4 nitrogen and oxygen atoms in total. The van der Waals surface area contributed by atoms with Crippen LogP contribution < -0.4 is 0 Å². The molecule has 0 aromatic heterocycles. The van der Waals surface area contributed by atoms with Gasteiger partial charge in [0.25, 0.3) is 0 Å². The lowest BCUT2D eigenvalue weighted by atomic mass is 9.71. The Hall–Kier alpha value is -2.09. The molecule has 8 heteroatoms. The van der Waals surface area contributed by atoms with Crippen LogP contribution in [0, 0.1) is 5.41 Å². The van der Waals surface area contributed by atoms with Crippen LogP contribution in [-0.2, 0) is 22.2 Å². The second-order valence-corrected chi connectivity index (χ2v) is 7.35. The summed E-state index contributed by atoms with van der Waals surface area (Å²) in [6, 6.07) is 3.78. The van der Waals surface area contributed by atoms with E-state index in [1.165, 1.54) is 31.2 Å². The number of aliphatic carboxylic acids is 2. The number of aryl methyl sites for hydroxylation is 1. The van der Waals surface area contributed by atoms with Crippen LogP contribution >= 0.6 is 15.9 Å². The lowest BCUT2D eigenvalue weighted by Gasteiger charge is -2.31. The van der Waals surface area contributed by atoms with Crippen molar-refractivity contribution in [3.05, 3.63) is 52.6 Å². The van der Waals surface area contributed by atoms with Gasteiger partial charge in [0, 0.05) is 10.9 Å². The molecule has 27 heavy (non-hydrogen) atoms. The SMILES string of the molecule is CC1(C(=O)O)CC(C(=O)O)=CC=C1c1ccc(CCCBr)c(C(F)(F)F)c1. The molecular weight excluding hydrogens is 429 g/mol. The van der Waals surface area contributed by atoms with Crippen molar-refractivity contribution < 1.29 is 33.0 Å². The van der Waals surface area contributed by atoms with Crippen molar-refractivity contribution in [2.45, 2.75) is 32.4 Å². The Morgan fingerprint density at radius 3 is 2.41 bits per heavy atom. The van der Waals surface area contributed by atoms with Gasteiger partial charge in [0.1, 0.15) is 0 Å². The Bertz CT molecular complexity index is 827. The minimum Gasteiger partial charge on any atom is -0.481 e. The molecule has 1 unspecified atom stereocenters. The molecule has 0 saturated carbocycles. The molecule has 0 saturated heterocycles. The van der Waals surface area contributed by atoms with E-state index in [0.717, 1.165) is 6.07 Å². The molecule has 0 aliphatic heterocycles. The zero-order chi connectivity index (χ0) is 20.4. The van der Waals surface area contributed by atoms with Gasteiger partial charge in [0.15, 0.2) is 0 Å². The maximum Gasteiger partial charge on any atom is 0.416 e. The Balaban J connectivity index is 2.61. The van der Waals surface area contributed by atoms with Gasteiger partial charge in [-0.25, -0.2) is 4.79 Å². The van der Waals surface area contributed by atoms with Crippen LogP contribution in [0.2, 0.25) is 0 Å². The van der Waals surface area contributed by atoms with Crippen molar-refractivity contribution in [3.63, 3.8) is 0 Å². The summed E-state index contributed by atoms with van der Waals surface area (Å²) >= 11 is 3.20. The first kappa shape index (κ1) is 21.2. The molecule has 1 aliphatic carbocycles. The maximum absolute atomic E-state index is 13.5. The molecule has 0 bridgehead atoms. The summed E-state index contributed by atoms with van der Waals surface area (Å²) in [6.45, 7) is 1.32. The van der Waals surface area contributed by atoms with Gasteiger partial charge >= 0.3 is 18.1 Å². The summed E-state index contributed by atoms with van der Waals surface area (Å²) in [5.41, 5.74) is -2.13. The summed E-state index contributed by atoms with van der Waals surface area (Å²) in [5.74, 6) is -2.54. The fraction of sp³-hybridized carbons (Fsp3) is 0.368. The predicted octanol–water partition coefficient (Wildman–Crippen LogP) is 4.92. The van der Waals surface area contributed by atoms with Gasteiger partial charge in [-0.2, -0.15) is 13.2 Å². The smallest absolute Gasteiger partial charge is 0.416 e. The van der Waals surface area contributed by atoms with Gasteiger partial charge in [0.05, 0.1) is 11.0 Å². The van der Waals surface area contributed by atoms with Gasteiger partial charge < -0.3 is 10.2 Å². The quantitative estimate of drug-likeness (QED) is 0.608. The van der Waals surface area contributed by atoms with E-state index in [2.05, 4.69) is 15.9 Å². The average Bonchev–Trinajstić information content (AvgIpc) is 2.58. The van der Waals surface area contributed by atoms with E-state index in [0.29, 0.717) is 11.8 Å². The molecule has 0 spiro atoms. The van der Waals surface area contributed by atoms with Crippen LogP contribution in [0.1, 0.15) is 36.5 Å². The first-order valence-electron chi connectivity index (χ1n) is 8.15. The molecule has 0 amide bonds. The van der Waals surface area contributed by atoms with E-state index < -0.39 is 29.1 Å². The molecule has 146 valence electrons. The molecule has 1 atom stereocenters. The molecule has 1 aliphatic rings. The summed E-state index contributed by atoms with van der Waals surface area (Å²) in [6.07, 6.45) is -1.59. The summed E-state index contributed by atoms with van der Waals surface area (Å²) in [7, 11) is 0. The van der Waals surface area contributed by atoms with Crippen LogP contribution in [0.25, 0.3) is 5.57 Å². The van der Waals surface area contributed by atoms with Crippen molar-refractivity contribution in [1.29, 1.82) is 0 Å². The molecule has 1 aromatic rings. The Morgan fingerprint density at radius 1 is 1.22 bits per heavy atom. The minimum absolute atomic E-state index is 0.103. The standard InChI is InChI=1S/C19H18BrF3O4/c1-18(17(26)27)10-13(16(24)25)6-7-14(18)12-5-4-11(3-2-8-20)15(9-12)19(21,22)23/h4-7,9H,2-3,8,10H2,1H3,(H,24,25)(H,26,27). The van der Waals surface area contributed by atoms with E-state index in [4.69, 9.17) is 5.11 Å². The molecule has 2 rings (SSSR count). The molecular formula is C19H18BrF3O4. The average molecular weight is 447 g/mol. The highest BCUT2D eigenvalue weighted by atomic mass is 79.9. The lowest BCUT2D eigenvalue weighted by molar-refractivity contribution is -0.144. The number of rotatable bonds is 6. The Morgan fingerprint density at radius 2 is 1.89 bits per heavy atom. The second-order valence-electron chi connectivity index (χ2n) is 6.55. The van der Waals surface area contributed by atoms with Gasteiger partial charge in [0.2, 0.25) is 0 Å². The monoisotopic (exact) mass is 446 g/mol. The van der Waals surface area contributed by atoms with E-state index in [1.54, 1.807) is 0 Å². The normalized spacial score (nSPS) is 20.0. The van der Waals surface area contributed by atoms with Crippen LogP contribution in [0.4, 0.5) is 13.2 Å². The number of carboxylic acid groups (broad SMARTS) is 2. The summed E-state index contributed by atoms with van der Waals surface area (Å²) < 4.78 is 40.5. The molecule has 0 fully saturated rings. The number of halogens is 4. The van der Waals surface area contributed by atoms with E-state index >= 15 is 0 Å². The van der Waals surface area contributed by atoms with E-state index in [9.17, 15) is 27.9 Å². The lowest BCUT2D eigenvalue weighted by Crippen LogP contribution is -2.32. The fourth-order valence-corrected chi connectivity index (χ4v) is 3.42. The van der Waals surface area contributed by atoms with Crippen LogP contribution in [0.15, 0.2) is 35.9 Å². The van der Waals surface area contributed by atoms with Gasteiger partial charge in [-0.3, -0.25) is 4.79 Å². The number of hydrogen-bond acceptors (Lipinski definition) is 2. The van der Waals surface area contributed by atoms with Gasteiger partial charge in [-0.15, -0.1) is 0 Å². The number of alkyl halides is 4. The van der Waals surface area contributed by atoms with Crippen LogP contribution in [-0.4, -0.2) is 27.5 Å². The Labute approximate surface area is 162 Å². The topological polar surface area (TPSA) is 74.6 Å². The molecule has 0 heterocycles. The number of hydrogen-bond donors (Lipinski definition) is 2. The van der Waals surface area contributed by atoms with Crippen LogP contribution in [0.5, 0.6) is 0 Å². The highest BCUT2D eigenvalue weighted by Crippen LogP contribution is 2.45. The molecule has 2 N–H and O–H groups in total. The van der Waals surface area contributed by atoms with Crippen molar-refractivity contribution in [3.8, 4) is 0 Å². The van der Waals surface area contributed by atoms with Crippen molar-refractivity contribution in [2.75, 3.05) is 5.33 Å². The molecule has 1 aromatic carbocycles. The third-order valence-corrected chi connectivity index (χ3v) is 5.20. The highest BCUT2D eigenvalue weighted by Gasteiger charge is 2.42. The maximum atomic E-state index is 13.5. The van der Waals surface area contributed by atoms with Crippen molar-refractivity contribution >= 4 is 33.4 Å².